The van der Waals surface area contributed by atoms with E-state index < -0.39 is 5.97 Å². The molecule has 1 aromatic carbocycles. The zero-order chi connectivity index (χ0) is 12.7. The summed E-state index contributed by atoms with van der Waals surface area (Å²) < 4.78 is 5.35. The second-order valence-corrected chi connectivity index (χ2v) is 5.93. The van der Waals surface area contributed by atoms with Crippen LogP contribution < -0.4 is 4.74 Å². The molecule has 3 rings (SSSR count). The van der Waals surface area contributed by atoms with Gasteiger partial charge in [-0.25, -0.2) is 4.79 Å². The van der Waals surface area contributed by atoms with Crippen molar-refractivity contribution in [1.29, 1.82) is 0 Å². The Balaban J connectivity index is 2.19. The molecule has 0 amide bonds. The van der Waals surface area contributed by atoms with E-state index in [2.05, 4.69) is 0 Å². The summed E-state index contributed by atoms with van der Waals surface area (Å²) in [6, 6.07) is 7.67. The van der Waals surface area contributed by atoms with E-state index in [0.717, 1.165) is 32.4 Å². The quantitative estimate of drug-likeness (QED) is 0.909. The lowest BCUT2D eigenvalue weighted by molar-refractivity contribution is 0.0702. The van der Waals surface area contributed by atoms with Crippen LogP contribution in [0, 0.1) is 0 Å². The number of carboxylic acid groups (broad SMARTS) is 1. The second-order valence-electron chi connectivity index (χ2n) is 3.90. The maximum Gasteiger partial charge on any atom is 0.345 e. The molecule has 0 unspecified atom stereocenters. The highest BCUT2D eigenvalue weighted by atomic mass is 32.2. The van der Waals surface area contributed by atoms with Crippen LogP contribution in [-0.2, 0) is 5.75 Å². The van der Waals surface area contributed by atoms with Gasteiger partial charge in [-0.3, -0.25) is 0 Å². The number of hydrogen-bond donors (Lipinski definition) is 1. The Morgan fingerprint density at radius 3 is 3.00 bits per heavy atom. The first-order valence-corrected chi connectivity index (χ1v) is 7.17. The van der Waals surface area contributed by atoms with Gasteiger partial charge >= 0.3 is 5.97 Å². The fourth-order valence-corrected chi connectivity index (χ4v) is 4.38. The molecule has 1 N–H and O–H groups in total. The molecule has 2 heterocycles. The lowest BCUT2D eigenvalue weighted by Gasteiger charge is -2.17. The molecule has 1 aliphatic rings. The SMILES string of the molecule is COc1cccc2c1SCc1cc(C(=O)O)sc1-2. The molecule has 18 heavy (non-hydrogen) atoms. The van der Waals surface area contributed by atoms with Crippen molar-refractivity contribution in [2.24, 2.45) is 0 Å². The van der Waals surface area contributed by atoms with E-state index in [0.29, 0.717) is 4.88 Å². The molecule has 0 fully saturated rings. The molecule has 5 heteroatoms. The first-order chi connectivity index (χ1) is 8.70. The van der Waals surface area contributed by atoms with Crippen molar-refractivity contribution >= 4 is 29.1 Å². The van der Waals surface area contributed by atoms with Crippen molar-refractivity contribution in [2.75, 3.05) is 7.11 Å². The van der Waals surface area contributed by atoms with Gasteiger partial charge in [0.05, 0.1) is 12.0 Å². The van der Waals surface area contributed by atoms with Crippen molar-refractivity contribution in [3.05, 3.63) is 34.7 Å². The predicted molar refractivity (Wildman–Crippen MR) is 72.8 cm³/mol. The highest BCUT2D eigenvalue weighted by Crippen LogP contribution is 2.48. The van der Waals surface area contributed by atoms with E-state index in [1.807, 2.05) is 18.2 Å². The molecular formula is C13H10O3S2. The average molecular weight is 278 g/mol. The van der Waals surface area contributed by atoms with Gasteiger partial charge in [0.15, 0.2) is 0 Å². The summed E-state index contributed by atoms with van der Waals surface area (Å²) in [5, 5.41) is 9.06. The smallest absolute Gasteiger partial charge is 0.345 e. The maximum absolute atomic E-state index is 11.0. The van der Waals surface area contributed by atoms with E-state index in [1.54, 1.807) is 24.9 Å². The van der Waals surface area contributed by atoms with Crippen molar-refractivity contribution in [1.82, 2.24) is 0 Å². The molecular weight excluding hydrogens is 268 g/mol. The van der Waals surface area contributed by atoms with Crippen LogP contribution in [0.2, 0.25) is 0 Å². The number of rotatable bonds is 2. The molecule has 0 aliphatic carbocycles. The van der Waals surface area contributed by atoms with Crippen molar-refractivity contribution in [3.63, 3.8) is 0 Å². The van der Waals surface area contributed by atoms with E-state index in [-0.39, 0.29) is 0 Å². The minimum absolute atomic E-state index is 0.399. The fraction of sp³-hybridized carbons (Fsp3) is 0.154. The van der Waals surface area contributed by atoms with E-state index >= 15 is 0 Å². The van der Waals surface area contributed by atoms with Crippen LogP contribution >= 0.6 is 23.1 Å². The number of fused-ring (bicyclic) bond motifs is 3. The van der Waals surface area contributed by atoms with Crippen LogP contribution in [0.15, 0.2) is 29.2 Å². The van der Waals surface area contributed by atoms with Gasteiger partial charge in [-0.1, -0.05) is 12.1 Å². The van der Waals surface area contributed by atoms with Crippen LogP contribution in [0.5, 0.6) is 5.75 Å². The first kappa shape index (κ1) is 11.6. The predicted octanol–water partition coefficient (Wildman–Crippen LogP) is 3.73. The van der Waals surface area contributed by atoms with Gasteiger partial charge in [0.2, 0.25) is 0 Å². The van der Waals surface area contributed by atoms with Gasteiger partial charge in [0.1, 0.15) is 10.6 Å². The number of thiophene rings is 1. The lowest BCUT2D eigenvalue weighted by Crippen LogP contribution is -1.95. The average Bonchev–Trinajstić information content (AvgIpc) is 2.82. The molecule has 0 radical (unpaired) electrons. The topological polar surface area (TPSA) is 46.5 Å². The Morgan fingerprint density at radius 2 is 2.28 bits per heavy atom. The minimum atomic E-state index is -0.858. The molecule has 0 bridgehead atoms. The normalized spacial score (nSPS) is 12.7. The number of ether oxygens (including phenoxy) is 1. The highest BCUT2D eigenvalue weighted by molar-refractivity contribution is 7.98. The van der Waals surface area contributed by atoms with Crippen molar-refractivity contribution in [3.8, 4) is 16.2 Å². The summed E-state index contributed by atoms with van der Waals surface area (Å²) in [4.78, 5) is 13.6. The molecule has 3 nitrogen and oxygen atoms in total. The number of hydrogen-bond acceptors (Lipinski definition) is 4. The van der Waals surface area contributed by atoms with Crippen LogP contribution in [-0.4, -0.2) is 18.2 Å². The Morgan fingerprint density at radius 1 is 1.44 bits per heavy atom. The third-order valence-electron chi connectivity index (χ3n) is 2.84. The molecule has 2 aromatic rings. The third kappa shape index (κ3) is 1.71. The van der Waals surface area contributed by atoms with Gasteiger partial charge in [-0.05, 0) is 17.7 Å². The molecule has 1 aromatic heterocycles. The molecule has 1 aliphatic heterocycles. The molecule has 92 valence electrons. The molecule has 0 saturated carbocycles. The summed E-state index contributed by atoms with van der Waals surface area (Å²) in [6.45, 7) is 0. The van der Waals surface area contributed by atoms with Crippen LogP contribution in [0.1, 0.15) is 15.2 Å². The van der Waals surface area contributed by atoms with E-state index in [9.17, 15) is 4.79 Å². The van der Waals surface area contributed by atoms with E-state index in [1.165, 1.54) is 11.3 Å². The Hall–Kier alpha value is -1.46. The maximum atomic E-state index is 11.0. The standard InChI is InChI=1S/C13H10O3S2/c1-16-9-4-2-3-8-11-7(6-17-12(8)9)5-10(18-11)13(14)15/h2-5H,6H2,1H3,(H,14,15). The van der Waals surface area contributed by atoms with Crippen molar-refractivity contribution < 1.29 is 14.6 Å². The number of thioether (sulfide) groups is 1. The Labute approximate surface area is 112 Å². The number of methoxy groups -OCH3 is 1. The number of carboxylic acids is 1. The van der Waals surface area contributed by atoms with Crippen LogP contribution in [0.4, 0.5) is 0 Å². The first-order valence-electron chi connectivity index (χ1n) is 5.37. The van der Waals surface area contributed by atoms with Gasteiger partial charge in [0, 0.05) is 16.2 Å². The number of aromatic carboxylic acids is 1. The zero-order valence-electron chi connectivity index (χ0n) is 9.60. The van der Waals surface area contributed by atoms with Gasteiger partial charge in [0.25, 0.3) is 0 Å². The highest BCUT2D eigenvalue weighted by Gasteiger charge is 2.23. The van der Waals surface area contributed by atoms with Gasteiger partial charge in [-0.2, -0.15) is 0 Å². The number of carbonyl (C=O) groups is 1. The van der Waals surface area contributed by atoms with Gasteiger partial charge in [-0.15, -0.1) is 23.1 Å². The zero-order valence-corrected chi connectivity index (χ0v) is 11.2. The summed E-state index contributed by atoms with van der Waals surface area (Å²) in [5.74, 6) is 0.796. The van der Waals surface area contributed by atoms with E-state index in [4.69, 9.17) is 9.84 Å². The Kier molecular flexibility index (Phi) is 2.80. The van der Waals surface area contributed by atoms with Crippen LogP contribution in [0.25, 0.3) is 10.4 Å². The fourth-order valence-electron chi connectivity index (χ4n) is 2.02. The second kappa shape index (κ2) is 4.33. The minimum Gasteiger partial charge on any atom is -0.496 e. The largest absolute Gasteiger partial charge is 0.496 e. The summed E-state index contributed by atoms with van der Waals surface area (Å²) in [7, 11) is 1.66. The van der Waals surface area contributed by atoms with Crippen LogP contribution in [0.3, 0.4) is 0 Å². The Bertz CT molecular complexity index is 631. The molecule has 0 atom stereocenters. The molecule has 0 saturated heterocycles. The summed E-state index contributed by atoms with van der Waals surface area (Å²) in [6.07, 6.45) is 0. The monoisotopic (exact) mass is 278 g/mol. The van der Waals surface area contributed by atoms with Crippen molar-refractivity contribution in [2.45, 2.75) is 10.6 Å². The molecule has 0 spiro atoms. The summed E-state index contributed by atoms with van der Waals surface area (Å²) >= 11 is 3.03. The third-order valence-corrected chi connectivity index (χ3v) is 5.20. The summed E-state index contributed by atoms with van der Waals surface area (Å²) in [5.41, 5.74) is 2.18. The number of benzene rings is 1. The van der Waals surface area contributed by atoms with Gasteiger partial charge < -0.3 is 9.84 Å². The lowest BCUT2D eigenvalue weighted by atomic mass is 10.1.